The number of benzene rings is 3. The average molecular weight is 463 g/mol. The number of anilines is 2. The van der Waals surface area contributed by atoms with Gasteiger partial charge in [0.1, 0.15) is 0 Å². The first kappa shape index (κ1) is 22.9. The van der Waals surface area contributed by atoms with Crippen molar-refractivity contribution in [3.8, 4) is 22.6 Å². The Kier molecular flexibility index (Phi) is 6.70. The highest BCUT2D eigenvalue weighted by atomic mass is 35.5. The second kappa shape index (κ2) is 9.67. The number of phenols is 1. The SMILES string of the molecule is COc1cc(-c2ccc3nc[c]c(Nc4ccc(C(O)CN(C)C)cc4)c3c2)cc(Cl)c1O. The first-order chi connectivity index (χ1) is 15.9. The number of aromatic nitrogens is 1. The van der Waals surface area contributed by atoms with Gasteiger partial charge in [-0.3, -0.25) is 4.98 Å². The highest BCUT2D eigenvalue weighted by Crippen LogP contribution is 2.39. The number of halogens is 1. The summed E-state index contributed by atoms with van der Waals surface area (Å²) in [4.78, 5) is 6.37. The van der Waals surface area contributed by atoms with Gasteiger partial charge < -0.3 is 25.2 Å². The van der Waals surface area contributed by atoms with Crippen LogP contribution in [0.15, 0.2) is 60.8 Å². The molecule has 0 aliphatic rings. The topological polar surface area (TPSA) is 77.8 Å². The van der Waals surface area contributed by atoms with Crippen LogP contribution in [0, 0.1) is 6.07 Å². The van der Waals surface area contributed by atoms with Crippen LogP contribution >= 0.6 is 11.6 Å². The number of hydrogen-bond donors (Lipinski definition) is 3. The summed E-state index contributed by atoms with van der Waals surface area (Å²) < 4.78 is 5.24. The molecule has 4 aromatic rings. The summed E-state index contributed by atoms with van der Waals surface area (Å²) >= 11 is 6.19. The number of fused-ring (bicyclic) bond motifs is 1. The van der Waals surface area contributed by atoms with Crippen LogP contribution < -0.4 is 10.1 Å². The molecule has 0 amide bonds. The van der Waals surface area contributed by atoms with Gasteiger partial charge in [-0.05, 0) is 67.2 Å². The van der Waals surface area contributed by atoms with E-state index >= 15 is 0 Å². The Labute approximate surface area is 198 Å². The van der Waals surface area contributed by atoms with Crippen LogP contribution in [-0.2, 0) is 0 Å². The molecule has 0 aliphatic heterocycles. The molecule has 1 radical (unpaired) electrons. The number of methoxy groups -OCH3 is 1. The van der Waals surface area contributed by atoms with Gasteiger partial charge >= 0.3 is 0 Å². The molecule has 3 aromatic carbocycles. The fourth-order valence-electron chi connectivity index (χ4n) is 3.66. The van der Waals surface area contributed by atoms with Gasteiger partial charge in [0.25, 0.3) is 0 Å². The highest BCUT2D eigenvalue weighted by molar-refractivity contribution is 6.32. The largest absolute Gasteiger partial charge is 0.503 e. The number of pyridine rings is 1. The fraction of sp³-hybridized carbons (Fsp3) is 0.192. The molecule has 0 aliphatic carbocycles. The number of nitrogens with zero attached hydrogens (tertiary/aromatic N) is 2. The molecule has 4 rings (SSSR count). The quantitative estimate of drug-likeness (QED) is 0.341. The molecular weight excluding hydrogens is 438 g/mol. The van der Waals surface area contributed by atoms with Crippen molar-refractivity contribution in [3.05, 3.63) is 77.4 Å². The Hall–Kier alpha value is -3.32. The Morgan fingerprint density at radius 1 is 1.09 bits per heavy atom. The minimum atomic E-state index is -0.543. The van der Waals surface area contributed by atoms with E-state index in [1.54, 1.807) is 18.3 Å². The molecule has 1 heterocycles. The lowest BCUT2D eigenvalue weighted by atomic mass is 10.0. The van der Waals surface area contributed by atoms with E-state index in [0.29, 0.717) is 12.3 Å². The molecule has 0 spiro atoms. The van der Waals surface area contributed by atoms with Crippen molar-refractivity contribution in [2.75, 3.05) is 33.1 Å². The minimum absolute atomic E-state index is 0.0831. The van der Waals surface area contributed by atoms with Crippen molar-refractivity contribution < 1.29 is 14.9 Å². The number of likely N-dealkylation sites (N-methyl/N-ethyl adjacent to an activating group) is 1. The standard InChI is InChI=1S/C26H25ClN3O3/c1-30(2)15-24(31)16-4-7-19(8-5-16)29-23-10-11-28-22-9-6-17(12-20(22)23)18-13-21(27)26(32)25(14-18)33-3/h4-9,11-14,24,31-32H,15H2,1-3H3,(H,28,29). The monoisotopic (exact) mass is 462 g/mol. The normalized spacial score (nSPS) is 12.2. The maximum Gasteiger partial charge on any atom is 0.176 e. The molecule has 3 N–H and O–H groups in total. The second-order valence-corrected chi connectivity index (χ2v) is 8.45. The lowest BCUT2D eigenvalue weighted by Gasteiger charge is -2.17. The van der Waals surface area contributed by atoms with Crippen molar-refractivity contribution in [2.45, 2.75) is 6.10 Å². The predicted octanol–water partition coefficient (Wildman–Crippen LogP) is 5.41. The zero-order valence-corrected chi connectivity index (χ0v) is 19.4. The van der Waals surface area contributed by atoms with Crippen LogP contribution in [0.25, 0.3) is 22.0 Å². The van der Waals surface area contributed by atoms with Gasteiger partial charge in [0.2, 0.25) is 0 Å². The van der Waals surface area contributed by atoms with E-state index in [4.69, 9.17) is 16.3 Å². The van der Waals surface area contributed by atoms with Crippen molar-refractivity contribution in [3.63, 3.8) is 0 Å². The molecule has 33 heavy (non-hydrogen) atoms. The van der Waals surface area contributed by atoms with E-state index in [0.717, 1.165) is 39.0 Å². The third-order valence-electron chi connectivity index (χ3n) is 5.36. The van der Waals surface area contributed by atoms with Gasteiger partial charge in [0.05, 0.1) is 29.4 Å². The van der Waals surface area contributed by atoms with Crippen LogP contribution in [0.5, 0.6) is 11.5 Å². The summed E-state index contributed by atoms with van der Waals surface area (Å²) in [7, 11) is 5.35. The van der Waals surface area contributed by atoms with Crippen molar-refractivity contribution in [1.29, 1.82) is 0 Å². The van der Waals surface area contributed by atoms with Crippen molar-refractivity contribution >= 4 is 33.9 Å². The summed E-state index contributed by atoms with van der Waals surface area (Å²) in [5.74, 6) is 0.227. The van der Waals surface area contributed by atoms with E-state index in [9.17, 15) is 10.2 Å². The maximum atomic E-state index is 10.3. The van der Waals surface area contributed by atoms with Crippen molar-refractivity contribution in [1.82, 2.24) is 9.88 Å². The maximum absolute atomic E-state index is 10.3. The van der Waals surface area contributed by atoms with Crippen LogP contribution in [0.2, 0.25) is 5.02 Å². The first-order valence-electron chi connectivity index (χ1n) is 10.4. The van der Waals surface area contributed by atoms with Gasteiger partial charge in [0.15, 0.2) is 11.5 Å². The number of aromatic hydroxyl groups is 1. The third-order valence-corrected chi connectivity index (χ3v) is 5.65. The van der Waals surface area contributed by atoms with E-state index in [-0.39, 0.29) is 10.8 Å². The molecule has 1 aromatic heterocycles. The van der Waals surface area contributed by atoms with Crippen LogP contribution in [0.1, 0.15) is 11.7 Å². The van der Waals surface area contributed by atoms with E-state index in [1.165, 1.54) is 7.11 Å². The Balaban J connectivity index is 1.66. The molecule has 6 nitrogen and oxygen atoms in total. The lowest BCUT2D eigenvalue weighted by molar-refractivity contribution is 0.138. The zero-order valence-electron chi connectivity index (χ0n) is 18.6. The van der Waals surface area contributed by atoms with Crippen molar-refractivity contribution in [2.24, 2.45) is 0 Å². The molecule has 1 atom stereocenters. The van der Waals surface area contributed by atoms with E-state index < -0.39 is 6.10 Å². The number of phenolic OH excluding ortho intramolecular Hbond substituents is 1. The van der Waals surface area contributed by atoms with E-state index in [1.807, 2.05) is 61.5 Å². The molecule has 0 saturated heterocycles. The third kappa shape index (κ3) is 5.03. The summed E-state index contributed by atoms with van der Waals surface area (Å²) in [6, 6.07) is 20.2. The Morgan fingerprint density at radius 3 is 2.55 bits per heavy atom. The molecule has 0 saturated carbocycles. The zero-order chi connectivity index (χ0) is 23.5. The minimum Gasteiger partial charge on any atom is -0.503 e. The van der Waals surface area contributed by atoms with Crippen LogP contribution in [-0.4, -0.2) is 47.8 Å². The van der Waals surface area contributed by atoms with Gasteiger partial charge in [-0.1, -0.05) is 29.8 Å². The number of ether oxygens (including phenoxy) is 1. The fourth-order valence-corrected chi connectivity index (χ4v) is 3.87. The Bertz CT molecular complexity index is 1280. The smallest absolute Gasteiger partial charge is 0.176 e. The highest BCUT2D eigenvalue weighted by Gasteiger charge is 2.13. The first-order valence-corrected chi connectivity index (χ1v) is 10.8. The van der Waals surface area contributed by atoms with E-state index in [2.05, 4.69) is 16.4 Å². The number of aliphatic hydroxyl groups is 1. The lowest BCUT2D eigenvalue weighted by Crippen LogP contribution is -2.19. The molecule has 1 unspecified atom stereocenters. The Morgan fingerprint density at radius 2 is 1.85 bits per heavy atom. The predicted molar refractivity (Wildman–Crippen MR) is 132 cm³/mol. The number of nitrogens with one attached hydrogen (secondary N) is 1. The summed E-state index contributed by atoms with van der Waals surface area (Å²) in [6.07, 6.45) is 1.10. The van der Waals surface area contributed by atoms with Crippen LogP contribution in [0.4, 0.5) is 11.4 Å². The molecule has 169 valence electrons. The number of rotatable bonds is 7. The second-order valence-electron chi connectivity index (χ2n) is 8.04. The molecule has 0 fully saturated rings. The molecule has 7 heteroatoms. The number of hydrogen-bond acceptors (Lipinski definition) is 6. The summed E-state index contributed by atoms with van der Waals surface area (Å²) in [5.41, 5.74) is 5.03. The van der Waals surface area contributed by atoms with Gasteiger partial charge in [-0.2, -0.15) is 0 Å². The van der Waals surface area contributed by atoms with Gasteiger partial charge in [-0.15, -0.1) is 0 Å². The summed E-state index contributed by atoms with van der Waals surface area (Å²) in [6.45, 7) is 0.560. The summed E-state index contributed by atoms with van der Waals surface area (Å²) in [5, 5.41) is 24.9. The van der Waals surface area contributed by atoms with Crippen LogP contribution in [0.3, 0.4) is 0 Å². The van der Waals surface area contributed by atoms with Gasteiger partial charge in [-0.25, -0.2) is 0 Å². The van der Waals surface area contributed by atoms with Gasteiger partial charge in [0, 0.05) is 29.9 Å². The molecular formula is C26H25ClN3O3. The molecule has 0 bridgehead atoms. The average Bonchev–Trinajstić information content (AvgIpc) is 2.80. The number of aliphatic hydroxyl groups excluding tert-OH is 1.